The minimum atomic E-state index is -4.51. The van der Waals surface area contributed by atoms with Crippen molar-refractivity contribution in [3.05, 3.63) is 50.7 Å². The molecule has 2 bridgehead atoms. The fourth-order valence-electron chi connectivity index (χ4n) is 4.15. The SMILES string of the molecule is CC1(C)O[C@@H]2[C@H]3COc4c(-c5ccc(C(F)(F)F)cc5)c(=O)[nH]c(=O)n4C(O3)[C@@H]2O1. The first-order valence-electron chi connectivity index (χ1n) is 9.25. The maximum Gasteiger partial charge on any atom is 0.416 e. The van der Waals surface area contributed by atoms with Crippen LogP contribution in [0.3, 0.4) is 0 Å². The van der Waals surface area contributed by atoms with Crippen LogP contribution in [0.4, 0.5) is 13.2 Å². The largest absolute Gasteiger partial charge is 0.475 e. The molecule has 0 aliphatic carbocycles. The predicted octanol–water partition coefficient (Wildman–Crippen LogP) is 2.03. The summed E-state index contributed by atoms with van der Waals surface area (Å²) in [5.74, 6) is -0.968. The lowest BCUT2D eigenvalue weighted by Crippen LogP contribution is -2.40. The summed E-state index contributed by atoms with van der Waals surface area (Å²) in [5, 5.41) is 0. The Kier molecular flexibility index (Phi) is 3.99. The van der Waals surface area contributed by atoms with Gasteiger partial charge >= 0.3 is 11.9 Å². The molecule has 1 unspecified atom stereocenters. The highest BCUT2D eigenvalue weighted by molar-refractivity contribution is 5.68. The van der Waals surface area contributed by atoms with Gasteiger partial charge < -0.3 is 18.9 Å². The molecule has 2 saturated heterocycles. The predicted molar refractivity (Wildman–Crippen MR) is 95.0 cm³/mol. The van der Waals surface area contributed by atoms with E-state index < -0.39 is 53.3 Å². The second kappa shape index (κ2) is 6.19. The molecule has 8 nitrogen and oxygen atoms in total. The van der Waals surface area contributed by atoms with Crippen molar-refractivity contribution in [1.82, 2.24) is 9.55 Å². The van der Waals surface area contributed by atoms with Crippen molar-refractivity contribution in [3.63, 3.8) is 0 Å². The molecule has 3 aliphatic heterocycles. The van der Waals surface area contributed by atoms with Crippen molar-refractivity contribution in [2.45, 2.75) is 50.4 Å². The third kappa shape index (κ3) is 2.88. The molecule has 30 heavy (non-hydrogen) atoms. The highest BCUT2D eigenvalue weighted by Gasteiger charge is 2.58. The van der Waals surface area contributed by atoms with Crippen LogP contribution in [0.25, 0.3) is 11.1 Å². The molecule has 0 amide bonds. The molecular formula is C19H17F3N2O6. The van der Waals surface area contributed by atoms with E-state index in [1.54, 1.807) is 13.8 Å². The molecule has 2 aromatic rings. The van der Waals surface area contributed by atoms with Crippen molar-refractivity contribution >= 4 is 0 Å². The second-order valence-corrected chi connectivity index (χ2v) is 7.83. The van der Waals surface area contributed by atoms with Gasteiger partial charge in [0.25, 0.3) is 5.56 Å². The highest BCUT2D eigenvalue weighted by Crippen LogP contribution is 2.46. The topological polar surface area (TPSA) is 91.8 Å². The molecule has 11 heteroatoms. The molecule has 1 aromatic carbocycles. The number of aromatic nitrogens is 2. The van der Waals surface area contributed by atoms with Crippen molar-refractivity contribution in [2.24, 2.45) is 0 Å². The van der Waals surface area contributed by atoms with Crippen LogP contribution in [-0.2, 0) is 20.4 Å². The summed E-state index contributed by atoms with van der Waals surface area (Å²) in [7, 11) is 0. The van der Waals surface area contributed by atoms with Crippen LogP contribution in [-0.4, -0.2) is 40.3 Å². The van der Waals surface area contributed by atoms with E-state index in [1.165, 1.54) is 0 Å². The maximum absolute atomic E-state index is 12.9. The Hall–Kier alpha value is -2.63. The molecule has 4 heterocycles. The summed E-state index contributed by atoms with van der Waals surface area (Å²) in [4.78, 5) is 27.4. The quantitative estimate of drug-likeness (QED) is 0.751. The Morgan fingerprint density at radius 1 is 1.10 bits per heavy atom. The van der Waals surface area contributed by atoms with Gasteiger partial charge in [-0.3, -0.25) is 9.78 Å². The number of H-pyrrole nitrogens is 1. The number of ether oxygens (including phenoxy) is 4. The average Bonchev–Trinajstić information content (AvgIpc) is 3.03. The first kappa shape index (κ1) is 19.3. The molecule has 2 fully saturated rings. The van der Waals surface area contributed by atoms with Crippen molar-refractivity contribution in [2.75, 3.05) is 6.61 Å². The Bertz CT molecular complexity index is 1120. The second-order valence-electron chi connectivity index (χ2n) is 7.83. The molecule has 0 saturated carbocycles. The third-order valence-electron chi connectivity index (χ3n) is 5.36. The van der Waals surface area contributed by atoms with Gasteiger partial charge in [-0.1, -0.05) is 12.1 Å². The number of nitrogens with zero attached hydrogens (tertiary/aromatic N) is 1. The standard InChI is InChI=1S/C19H17F3N2O6/c1-18(2)29-12-10-7-27-15-11(8-3-5-9(6-4-8)19(20,21)22)14(25)23-17(26)24(15)16(28-10)13(12)30-18/h3-6,10,12-13,16H,7H2,1-2H3,(H,23,25,26)/t10-,12-,13-,16?/m1/s1. The van der Waals surface area contributed by atoms with Crippen LogP contribution in [0.1, 0.15) is 25.6 Å². The minimum absolute atomic E-state index is 0.0202. The van der Waals surface area contributed by atoms with Gasteiger partial charge in [0.1, 0.15) is 30.5 Å². The van der Waals surface area contributed by atoms with Crippen molar-refractivity contribution in [3.8, 4) is 17.0 Å². The average molecular weight is 426 g/mol. The fraction of sp³-hybridized carbons (Fsp3) is 0.474. The minimum Gasteiger partial charge on any atom is -0.475 e. The molecule has 3 aliphatic rings. The number of fused-ring (bicyclic) bond motifs is 7. The van der Waals surface area contributed by atoms with Crippen LogP contribution in [0.5, 0.6) is 5.88 Å². The van der Waals surface area contributed by atoms with E-state index in [4.69, 9.17) is 18.9 Å². The van der Waals surface area contributed by atoms with Gasteiger partial charge in [0.2, 0.25) is 5.88 Å². The number of aromatic amines is 1. The number of benzene rings is 1. The number of hydrogen-bond acceptors (Lipinski definition) is 6. The van der Waals surface area contributed by atoms with Gasteiger partial charge in [-0.15, -0.1) is 0 Å². The Morgan fingerprint density at radius 3 is 2.43 bits per heavy atom. The van der Waals surface area contributed by atoms with E-state index in [1.807, 2.05) is 0 Å². The molecule has 1 aromatic heterocycles. The lowest BCUT2D eigenvalue weighted by molar-refractivity contribution is -0.195. The van der Waals surface area contributed by atoms with Crippen LogP contribution >= 0.6 is 0 Å². The van der Waals surface area contributed by atoms with E-state index in [2.05, 4.69) is 4.98 Å². The van der Waals surface area contributed by atoms with Crippen LogP contribution < -0.4 is 16.0 Å². The van der Waals surface area contributed by atoms with Gasteiger partial charge in [-0.25, -0.2) is 9.36 Å². The summed E-state index contributed by atoms with van der Waals surface area (Å²) in [6, 6.07) is 4.05. The summed E-state index contributed by atoms with van der Waals surface area (Å²) in [5.41, 5.74) is -2.29. The lowest BCUT2D eigenvalue weighted by atomic mass is 10.0. The number of halogens is 3. The van der Waals surface area contributed by atoms with Gasteiger partial charge in [0, 0.05) is 0 Å². The zero-order valence-electron chi connectivity index (χ0n) is 15.9. The van der Waals surface area contributed by atoms with Gasteiger partial charge in [0.05, 0.1) is 5.56 Å². The lowest BCUT2D eigenvalue weighted by Gasteiger charge is -2.23. The van der Waals surface area contributed by atoms with E-state index >= 15 is 0 Å². The Morgan fingerprint density at radius 2 is 1.77 bits per heavy atom. The Labute approximate surface area is 167 Å². The molecule has 0 radical (unpaired) electrons. The van der Waals surface area contributed by atoms with Crippen LogP contribution in [0, 0.1) is 0 Å². The number of nitrogens with one attached hydrogen (secondary N) is 1. The van der Waals surface area contributed by atoms with Gasteiger partial charge in [0.15, 0.2) is 12.0 Å². The first-order valence-corrected chi connectivity index (χ1v) is 9.25. The molecule has 0 spiro atoms. The maximum atomic E-state index is 12.9. The van der Waals surface area contributed by atoms with E-state index in [-0.39, 0.29) is 23.6 Å². The van der Waals surface area contributed by atoms with E-state index in [0.29, 0.717) is 0 Å². The summed E-state index contributed by atoms with van der Waals surface area (Å²) >= 11 is 0. The zero-order chi connectivity index (χ0) is 21.4. The number of alkyl halides is 3. The van der Waals surface area contributed by atoms with Crippen LogP contribution in [0.15, 0.2) is 33.9 Å². The van der Waals surface area contributed by atoms with Gasteiger partial charge in [-0.05, 0) is 31.5 Å². The third-order valence-corrected chi connectivity index (χ3v) is 5.36. The van der Waals surface area contributed by atoms with Crippen LogP contribution in [0.2, 0.25) is 0 Å². The normalized spacial score (nSPS) is 29.1. The monoisotopic (exact) mass is 426 g/mol. The van der Waals surface area contributed by atoms with E-state index in [9.17, 15) is 22.8 Å². The smallest absolute Gasteiger partial charge is 0.416 e. The van der Waals surface area contributed by atoms with Crippen molar-refractivity contribution in [1.29, 1.82) is 0 Å². The number of hydrogen-bond donors (Lipinski definition) is 1. The summed E-state index contributed by atoms with van der Waals surface area (Å²) < 4.78 is 63.2. The highest BCUT2D eigenvalue weighted by atomic mass is 19.4. The molecule has 1 N–H and O–H groups in total. The zero-order valence-corrected chi connectivity index (χ0v) is 15.9. The summed E-state index contributed by atoms with van der Waals surface area (Å²) in [6.45, 7) is 3.46. The van der Waals surface area contributed by atoms with Crippen molar-refractivity contribution < 1.29 is 32.1 Å². The fourth-order valence-corrected chi connectivity index (χ4v) is 4.15. The van der Waals surface area contributed by atoms with Gasteiger partial charge in [-0.2, -0.15) is 13.2 Å². The summed E-state index contributed by atoms with van der Waals surface area (Å²) in [6.07, 6.45) is -7.06. The van der Waals surface area contributed by atoms with E-state index in [0.717, 1.165) is 28.8 Å². The first-order chi connectivity index (χ1) is 14.0. The Balaban J connectivity index is 1.64. The molecule has 160 valence electrons. The number of rotatable bonds is 1. The molecule has 4 atom stereocenters. The molecular weight excluding hydrogens is 409 g/mol. The molecule has 5 rings (SSSR count).